The van der Waals surface area contributed by atoms with Crippen LogP contribution in [0, 0.1) is 17.0 Å². The van der Waals surface area contributed by atoms with Crippen molar-refractivity contribution in [1.29, 1.82) is 0 Å². The lowest BCUT2D eigenvalue weighted by Gasteiger charge is -2.04. The first-order valence-electron chi connectivity index (χ1n) is 4.81. The van der Waals surface area contributed by atoms with Crippen LogP contribution >= 0.6 is 23.5 Å². The summed E-state index contributed by atoms with van der Waals surface area (Å²) < 4.78 is 0.779. The van der Waals surface area contributed by atoms with E-state index >= 15 is 0 Å². The number of thioether (sulfide) groups is 2. The Morgan fingerprint density at radius 2 is 2.41 bits per heavy atom. The molecule has 90 valence electrons. The van der Waals surface area contributed by atoms with Crippen LogP contribution in [0.4, 0.5) is 5.69 Å². The summed E-state index contributed by atoms with van der Waals surface area (Å²) in [6.45, 7) is 2.45. The highest BCUT2D eigenvalue weighted by Crippen LogP contribution is 2.34. The second kappa shape index (κ2) is 4.92. The predicted molar refractivity (Wildman–Crippen MR) is 69.1 cm³/mol. The molecule has 2 heterocycles. The van der Waals surface area contributed by atoms with Crippen molar-refractivity contribution < 1.29 is 4.92 Å². The quantitative estimate of drug-likeness (QED) is 0.654. The van der Waals surface area contributed by atoms with Gasteiger partial charge in [0.05, 0.1) is 11.5 Å². The van der Waals surface area contributed by atoms with Gasteiger partial charge in [-0.15, -0.1) is 0 Å². The number of pyridine rings is 1. The van der Waals surface area contributed by atoms with Gasteiger partial charge < -0.3 is 4.98 Å². The standard InChI is InChI=1S/C9H9N3O3S2/c1-5-4-11-8(13)6(12(14)15)7(5)17-9-10-2-3-16-9/h4H,2-3H2,1H3,(H,11,13). The number of rotatable bonds is 2. The SMILES string of the molecule is Cc1c[nH]c(=O)c([N+](=O)[O-])c1SC1=NCCS1. The second-order valence-electron chi connectivity index (χ2n) is 3.33. The van der Waals surface area contributed by atoms with Crippen LogP contribution in [0.1, 0.15) is 5.56 Å². The van der Waals surface area contributed by atoms with Crippen molar-refractivity contribution in [3.63, 3.8) is 0 Å². The molecule has 0 amide bonds. The Balaban J connectivity index is 2.47. The van der Waals surface area contributed by atoms with E-state index in [-0.39, 0.29) is 0 Å². The monoisotopic (exact) mass is 271 g/mol. The fraction of sp³-hybridized carbons (Fsp3) is 0.333. The van der Waals surface area contributed by atoms with Crippen LogP contribution in [-0.4, -0.2) is 26.6 Å². The molecule has 0 bridgehead atoms. The molecular weight excluding hydrogens is 262 g/mol. The molecule has 0 atom stereocenters. The van der Waals surface area contributed by atoms with Gasteiger partial charge in [-0.1, -0.05) is 23.5 Å². The summed E-state index contributed by atoms with van der Waals surface area (Å²) in [6.07, 6.45) is 1.48. The number of nitrogens with zero attached hydrogens (tertiary/aromatic N) is 2. The average Bonchev–Trinajstić information content (AvgIpc) is 2.76. The van der Waals surface area contributed by atoms with Gasteiger partial charge in [-0.05, 0) is 12.5 Å². The van der Waals surface area contributed by atoms with E-state index < -0.39 is 16.2 Å². The molecule has 6 nitrogen and oxygen atoms in total. The summed E-state index contributed by atoms with van der Waals surface area (Å²) in [4.78, 5) is 28.6. The molecule has 0 saturated heterocycles. The Morgan fingerprint density at radius 3 is 3.00 bits per heavy atom. The van der Waals surface area contributed by atoms with Gasteiger partial charge in [0.2, 0.25) is 0 Å². The largest absolute Gasteiger partial charge is 0.347 e. The number of H-pyrrole nitrogens is 1. The third-order valence-corrected chi connectivity index (χ3v) is 4.53. The van der Waals surface area contributed by atoms with Gasteiger partial charge in [0, 0.05) is 11.9 Å². The molecule has 1 aromatic heterocycles. The zero-order chi connectivity index (χ0) is 12.4. The lowest BCUT2D eigenvalue weighted by Crippen LogP contribution is -2.13. The van der Waals surface area contributed by atoms with Crippen LogP contribution in [0.15, 0.2) is 20.9 Å². The van der Waals surface area contributed by atoms with Gasteiger partial charge in [-0.2, -0.15) is 0 Å². The highest BCUT2D eigenvalue weighted by Gasteiger charge is 2.24. The maximum Gasteiger partial charge on any atom is 0.347 e. The molecule has 17 heavy (non-hydrogen) atoms. The molecule has 1 N–H and O–H groups in total. The van der Waals surface area contributed by atoms with Gasteiger partial charge in [0.15, 0.2) is 0 Å². The maximum absolute atomic E-state index is 11.5. The Hall–Kier alpha value is -1.28. The summed E-state index contributed by atoms with van der Waals surface area (Å²) >= 11 is 2.75. The molecule has 0 spiro atoms. The normalized spacial score (nSPS) is 14.8. The van der Waals surface area contributed by atoms with Crippen molar-refractivity contribution in [3.05, 3.63) is 32.2 Å². The number of nitrogens with one attached hydrogen (secondary N) is 1. The molecule has 0 saturated carbocycles. The molecule has 2 rings (SSSR count). The Labute approximate surface area is 105 Å². The lowest BCUT2D eigenvalue weighted by molar-refractivity contribution is -0.389. The zero-order valence-electron chi connectivity index (χ0n) is 8.93. The topological polar surface area (TPSA) is 88.4 Å². The van der Waals surface area contributed by atoms with Gasteiger partial charge in [-0.3, -0.25) is 19.9 Å². The van der Waals surface area contributed by atoms with Crippen molar-refractivity contribution in [2.75, 3.05) is 12.3 Å². The van der Waals surface area contributed by atoms with Crippen LogP contribution in [0.2, 0.25) is 0 Å². The smallest absolute Gasteiger partial charge is 0.323 e. The second-order valence-corrected chi connectivity index (χ2v) is 5.67. The van der Waals surface area contributed by atoms with Gasteiger partial charge in [-0.25, -0.2) is 0 Å². The van der Waals surface area contributed by atoms with Crippen molar-refractivity contribution in [3.8, 4) is 0 Å². The molecular formula is C9H9N3O3S2. The van der Waals surface area contributed by atoms with Gasteiger partial charge in [0.25, 0.3) is 0 Å². The summed E-state index contributed by atoms with van der Waals surface area (Å²) in [6, 6.07) is 0. The third kappa shape index (κ3) is 2.52. The van der Waals surface area contributed by atoms with E-state index in [4.69, 9.17) is 0 Å². The number of aliphatic imine (C=N–C) groups is 1. The summed E-state index contributed by atoms with van der Waals surface area (Å²) in [5.74, 6) is 0.887. The van der Waals surface area contributed by atoms with E-state index in [9.17, 15) is 14.9 Å². The molecule has 8 heteroatoms. The van der Waals surface area contributed by atoms with Crippen LogP contribution in [0.25, 0.3) is 0 Å². The lowest BCUT2D eigenvalue weighted by atomic mass is 10.3. The minimum Gasteiger partial charge on any atom is -0.323 e. The number of aromatic amines is 1. The first-order chi connectivity index (χ1) is 8.09. The van der Waals surface area contributed by atoms with Crippen molar-refractivity contribution in [1.82, 2.24) is 4.98 Å². The van der Waals surface area contributed by atoms with Crippen LogP contribution in [-0.2, 0) is 0 Å². The average molecular weight is 271 g/mol. The number of nitro groups is 1. The fourth-order valence-electron chi connectivity index (χ4n) is 1.36. The van der Waals surface area contributed by atoms with Crippen molar-refractivity contribution in [2.24, 2.45) is 4.99 Å². The summed E-state index contributed by atoms with van der Waals surface area (Å²) in [5.41, 5.74) is -0.395. The summed E-state index contributed by atoms with van der Waals surface area (Å²) in [5, 5.41) is 10.9. The van der Waals surface area contributed by atoms with E-state index in [1.807, 2.05) is 0 Å². The van der Waals surface area contributed by atoms with Gasteiger partial charge in [0.1, 0.15) is 9.27 Å². The Morgan fingerprint density at radius 1 is 1.65 bits per heavy atom. The minimum absolute atomic E-state index is 0.381. The van der Waals surface area contributed by atoms with E-state index in [1.54, 1.807) is 18.7 Å². The molecule has 1 aliphatic heterocycles. The van der Waals surface area contributed by atoms with Crippen molar-refractivity contribution >= 4 is 33.6 Å². The molecule has 0 aromatic carbocycles. The maximum atomic E-state index is 11.5. The van der Waals surface area contributed by atoms with E-state index in [0.717, 1.165) is 16.7 Å². The Bertz CT molecular complexity index is 553. The molecule has 0 radical (unpaired) electrons. The Kier molecular flexibility index (Phi) is 3.53. The number of aromatic nitrogens is 1. The number of hydrogen-bond acceptors (Lipinski definition) is 6. The van der Waals surface area contributed by atoms with E-state index in [1.165, 1.54) is 18.0 Å². The van der Waals surface area contributed by atoms with E-state index in [2.05, 4.69) is 9.98 Å². The molecule has 1 aromatic rings. The number of hydrogen-bond donors (Lipinski definition) is 1. The highest BCUT2D eigenvalue weighted by atomic mass is 32.2. The van der Waals surface area contributed by atoms with Crippen LogP contribution < -0.4 is 5.56 Å². The molecule has 1 aliphatic rings. The number of aryl methyl sites for hydroxylation is 1. The van der Waals surface area contributed by atoms with E-state index in [0.29, 0.717) is 10.5 Å². The van der Waals surface area contributed by atoms with Gasteiger partial charge >= 0.3 is 11.2 Å². The van der Waals surface area contributed by atoms with Crippen molar-refractivity contribution in [2.45, 2.75) is 11.8 Å². The van der Waals surface area contributed by atoms with Crippen LogP contribution in [0.3, 0.4) is 0 Å². The predicted octanol–water partition coefficient (Wildman–Crippen LogP) is 1.79. The zero-order valence-corrected chi connectivity index (χ0v) is 10.6. The van der Waals surface area contributed by atoms with Crippen LogP contribution in [0.5, 0.6) is 0 Å². The summed E-state index contributed by atoms with van der Waals surface area (Å²) in [7, 11) is 0. The molecule has 0 aliphatic carbocycles. The first-order valence-corrected chi connectivity index (χ1v) is 6.61. The minimum atomic E-state index is -0.674. The third-order valence-electron chi connectivity index (χ3n) is 2.14. The molecule has 0 fully saturated rings. The first kappa shape index (κ1) is 12.2. The molecule has 0 unspecified atom stereocenters. The fourth-order valence-corrected chi connectivity index (χ4v) is 3.45. The highest BCUT2D eigenvalue weighted by molar-refractivity contribution is 8.39.